The minimum atomic E-state index is -0.148. The number of halogens is 1. The molecule has 0 unspecified atom stereocenters. The molecule has 1 aromatic carbocycles. The fraction of sp³-hybridized carbons (Fsp3) is 0.462. The maximum atomic E-state index is 10.7. The molecule has 0 saturated heterocycles. The van der Waals surface area contributed by atoms with Crippen molar-refractivity contribution in [1.82, 2.24) is 5.32 Å². The molecule has 16 heavy (non-hydrogen) atoms. The Morgan fingerprint density at radius 1 is 1.44 bits per heavy atom. The molecule has 1 N–H and O–H groups in total. The lowest BCUT2D eigenvalue weighted by Crippen LogP contribution is -2.19. The van der Waals surface area contributed by atoms with Gasteiger partial charge in [0.25, 0.3) is 4.82 Å². The molecule has 0 saturated carbocycles. The Labute approximate surface area is 106 Å². The van der Waals surface area contributed by atoms with Crippen LogP contribution in [0.3, 0.4) is 0 Å². The quantitative estimate of drug-likeness (QED) is 0.662. The van der Waals surface area contributed by atoms with Crippen LogP contribution in [0.4, 0.5) is 4.79 Å². The predicted molar refractivity (Wildman–Crippen MR) is 71.3 cm³/mol. The largest absolute Gasteiger partial charge is 0.346 e. The van der Waals surface area contributed by atoms with Crippen molar-refractivity contribution < 1.29 is 4.79 Å². The van der Waals surface area contributed by atoms with E-state index in [1.165, 1.54) is 16.7 Å². The molecule has 0 spiro atoms. The van der Waals surface area contributed by atoms with Gasteiger partial charge in [-0.15, -0.1) is 0 Å². The highest BCUT2D eigenvalue weighted by Crippen LogP contribution is 2.18. The standard InChI is InChI=1S/C13H18BrNO/c1-9(2)11-5-4-10(3)12(8-11)6-7-15-13(14)16/h4-5,8-9H,6-7H2,1-3H3,(H,15,16). The van der Waals surface area contributed by atoms with Gasteiger partial charge in [-0.2, -0.15) is 0 Å². The molecule has 3 heteroatoms. The van der Waals surface area contributed by atoms with Crippen molar-refractivity contribution in [3.05, 3.63) is 34.9 Å². The summed E-state index contributed by atoms with van der Waals surface area (Å²) in [5.74, 6) is 0.546. The van der Waals surface area contributed by atoms with Crippen molar-refractivity contribution in [2.24, 2.45) is 0 Å². The van der Waals surface area contributed by atoms with Gasteiger partial charge >= 0.3 is 0 Å². The van der Waals surface area contributed by atoms with E-state index in [9.17, 15) is 4.79 Å². The monoisotopic (exact) mass is 283 g/mol. The van der Waals surface area contributed by atoms with Crippen LogP contribution in [0.5, 0.6) is 0 Å². The predicted octanol–water partition coefficient (Wildman–Crippen LogP) is 3.77. The zero-order valence-corrected chi connectivity index (χ0v) is 11.6. The molecule has 1 rings (SSSR count). The van der Waals surface area contributed by atoms with Gasteiger partial charge in [0.15, 0.2) is 0 Å². The van der Waals surface area contributed by atoms with Gasteiger partial charge in [-0.3, -0.25) is 4.79 Å². The van der Waals surface area contributed by atoms with E-state index < -0.39 is 0 Å². The first-order chi connectivity index (χ1) is 7.50. The number of amides is 1. The van der Waals surface area contributed by atoms with E-state index in [4.69, 9.17) is 0 Å². The summed E-state index contributed by atoms with van der Waals surface area (Å²) in [5.41, 5.74) is 3.95. The van der Waals surface area contributed by atoms with E-state index in [1.54, 1.807) is 0 Å². The van der Waals surface area contributed by atoms with E-state index in [-0.39, 0.29) is 4.82 Å². The molecule has 88 valence electrons. The average molecular weight is 284 g/mol. The number of benzene rings is 1. The van der Waals surface area contributed by atoms with Crippen LogP contribution in [0.25, 0.3) is 0 Å². The molecule has 0 aliphatic heterocycles. The van der Waals surface area contributed by atoms with Crippen LogP contribution in [0.1, 0.15) is 36.5 Å². The van der Waals surface area contributed by atoms with Gasteiger partial charge in [0.1, 0.15) is 0 Å². The molecule has 0 radical (unpaired) electrons. The minimum absolute atomic E-state index is 0.148. The summed E-state index contributed by atoms with van der Waals surface area (Å²) in [5, 5.41) is 2.75. The van der Waals surface area contributed by atoms with E-state index in [2.05, 4.69) is 60.2 Å². The van der Waals surface area contributed by atoms with Crippen molar-refractivity contribution in [3.63, 3.8) is 0 Å². The second kappa shape index (κ2) is 6.04. The summed E-state index contributed by atoms with van der Waals surface area (Å²) in [4.78, 5) is 10.6. The first-order valence-electron chi connectivity index (χ1n) is 5.53. The Bertz CT molecular complexity index is 374. The molecule has 0 heterocycles. The van der Waals surface area contributed by atoms with Crippen LogP contribution < -0.4 is 5.32 Å². The van der Waals surface area contributed by atoms with Crippen LogP contribution in [-0.2, 0) is 6.42 Å². The minimum Gasteiger partial charge on any atom is -0.346 e. The van der Waals surface area contributed by atoms with Gasteiger partial charge < -0.3 is 5.32 Å². The molecule has 1 amide bonds. The van der Waals surface area contributed by atoms with Crippen LogP contribution in [0.15, 0.2) is 18.2 Å². The molecule has 2 nitrogen and oxygen atoms in total. The second-order valence-electron chi connectivity index (χ2n) is 4.29. The normalized spacial score (nSPS) is 10.6. The zero-order chi connectivity index (χ0) is 12.1. The van der Waals surface area contributed by atoms with Crippen LogP contribution in [-0.4, -0.2) is 11.4 Å². The van der Waals surface area contributed by atoms with Crippen LogP contribution in [0, 0.1) is 6.92 Å². The highest BCUT2D eigenvalue weighted by atomic mass is 79.9. The van der Waals surface area contributed by atoms with E-state index in [0.717, 1.165) is 6.42 Å². The molecular formula is C13H18BrNO. The summed E-state index contributed by atoms with van der Waals surface area (Å²) in [6.07, 6.45) is 0.879. The summed E-state index contributed by atoms with van der Waals surface area (Å²) < 4.78 is 0. The van der Waals surface area contributed by atoms with Gasteiger partial charge in [0, 0.05) is 22.5 Å². The Kier molecular flexibility index (Phi) is 5.00. The molecule has 0 fully saturated rings. The second-order valence-corrected chi connectivity index (χ2v) is 5.01. The van der Waals surface area contributed by atoms with Gasteiger partial charge in [-0.1, -0.05) is 32.0 Å². The lowest BCUT2D eigenvalue weighted by molar-refractivity contribution is 0.262. The molecule has 0 aromatic heterocycles. The van der Waals surface area contributed by atoms with Crippen molar-refractivity contribution >= 4 is 20.7 Å². The van der Waals surface area contributed by atoms with E-state index >= 15 is 0 Å². The Balaban J connectivity index is 2.70. The average Bonchev–Trinajstić information content (AvgIpc) is 2.20. The molecule has 0 aliphatic carbocycles. The van der Waals surface area contributed by atoms with Gasteiger partial charge in [0.2, 0.25) is 0 Å². The number of hydrogen-bond acceptors (Lipinski definition) is 1. The van der Waals surface area contributed by atoms with Crippen molar-refractivity contribution in [3.8, 4) is 0 Å². The lowest BCUT2D eigenvalue weighted by atomic mass is 9.96. The Morgan fingerprint density at radius 3 is 2.69 bits per heavy atom. The highest BCUT2D eigenvalue weighted by molar-refractivity contribution is 9.18. The number of rotatable bonds is 4. The van der Waals surface area contributed by atoms with Gasteiger partial charge in [-0.05, 0) is 36.0 Å². The molecule has 1 aromatic rings. The number of carbonyl (C=O) groups excluding carboxylic acids is 1. The third-order valence-corrected chi connectivity index (χ3v) is 2.98. The summed E-state index contributed by atoms with van der Waals surface area (Å²) in [6, 6.07) is 6.56. The fourth-order valence-electron chi connectivity index (χ4n) is 1.62. The van der Waals surface area contributed by atoms with E-state index in [0.29, 0.717) is 12.5 Å². The summed E-state index contributed by atoms with van der Waals surface area (Å²) >= 11 is 2.85. The zero-order valence-electron chi connectivity index (χ0n) is 10.0. The molecule has 0 aliphatic rings. The first kappa shape index (κ1) is 13.2. The molecule has 0 atom stereocenters. The Hall–Kier alpha value is -0.830. The van der Waals surface area contributed by atoms with Crippen molar-refractivity contribution in [2.75, 3.05) is 6.54 Å². The van der Waals surface area contributed by atoms with Crippen molar-refractivity contribution in [2.45, 2.75) is 33.1 Å². The molecular weight excluding hydrogens is 266 g/mol. The molecule has 0 bridgehead atoms. The first-order valence-corrected chi connectivity index (χ1v) is 6.32. The summed E-state index contributed by atoms with van der Waals surface area (Å²) in [6.45, 7) is 7.16. The lowest BCUT2D eigenvalue weighted by Gasteiger charge is -2.11. The van der Waals surface area contributed by atoms with Gasteiger partial charge in [0.05, 0.1) is 0 Å². The SMILES string of the molecule is Cc1ccc(C(C)C)cc1CCNC(=O)Br. The van der Waals surface area contributed by atoms with Crippen LogP contribution >= 0.6 is 15.9 Å². The maximum Gasteiger partial charge on any atom is 0.287 e. The topological polar surface area (TPSA) is 29.1 Å². The Morgan fingerprint density at radius 2 is 2.12 bits per heavy atom. The third kappa shape index (κ3) is 3.97. The highest BCUT2D eigenvalue weighted by Gasteiger charge is 2.04. The fourth-order valence-corrected chi connectivity index (χ4v) is 1.81. The maximum absolute atomic E-state index is 10.7. The smallest absolute Gasteiger partial charge is 0.287 e. The number of nitrogens with one attached hydrogen (secondary N) is 1. The van der Waals surface area contributed by atoms with Gasteiger partial charge in [-0.25, -0.2) is 0 Å². The summed E-state index contributed by atoms with van der Waals surface area (Å²) in [7, 11) is 0. The van der Waals surface area contributed by atoms with Crippen LogP contribution in [0.2, 0.25) is 0 Å². The number of aryl methyl sites for hydroxylation is 1. The number of hydrogen-bond donors (Lipinski definition) is 1. The van der Waals surface area contributed by atoms with E-state index in [1.807, 2.05) is 0 Å². The van der Waals surface area contributed by atoms with Crippen molar-refractivity contribution in [1.29, 1.82) is 0 Å². The third-order valence-electron chi connectivity index (χ3n) is 2.70. The number of carbonyl (C=O) groups is 1.